The molecule has 1 aromatic heterocycles. The standard InChI is InChI=1S/C18H15F2N3O2/c1-10(24)11-6-4-8-15-16(11)18(19,20)17(25)23(15)9-14-12-5-2-3-7-13(12)21-22-14/h2-8,10,24H,9H2,1H3,(H,21,22)/t10-/m0/s1. The van der Waals surface area contributed by atoms with Crippen LogP contribution in [-0.2, 0) is 17.3 Å². The zero-order chi connectivity index (χ0) is 17.8. The SMILES string of the molecule is C[C@H](O)c1cccc2c1C(F)(F)C(=O)N2Cc1[nH]nc2ccccc12. The van der Waals surface area contributed by atoms with Gasteiger partial charge in [-0.05, 0) is 24.6 Å². The Labute approximate surface area is 141 Å². The third kappa shape index (κ3) is 2.23. The van der Waals surface area contributed by atoms with Crippen molar-refractivity contribution in [2.75, 3.05) is 4.90 Å². The number of aliphatic hydroxyl groups excluding tert-OH is 1. The molecule has 0 bridgehead atoms. The molecule has 3 aromatic rings. The number of anilines is 1. The van der Waals surface area contributed by atoms with Crippen molar-refractivity contribution >= 4 is 22.5 Å². The van der Waals surface area contributed by atoms with Gasteiger partial charge in [0.15, 0.2) is 0 Å². The number of H-pyrrole nitrogens is 1. The number of halogens is 2. The number of carbonyl (C=O) groups excluding carboxylic acids is 1. The first-order valence-corrected chi connectivity index (χ1v) is 7.84. The number of aromatic nitrogens is 2. The molecule has 4 rings (SSSR count). The minimum absolute atomic E-state index is 0.0504. The third-order valence-electron chi connectivity index (χ3n) is 4.50. The summed E-state index contributed by atoms with van der Waals surface area (Å²) in [6.07, 6.45) is -1.10. The number of hydrogen-bond donors (Lipinski definition) is 2. The smallest absolute Gasteiger partial charge is 0.352 e. The van der Waals surface area contributed by atoms with E-state index in [4.69, 9.17) is 0 Å². The highest BCUT2D eigenvalue weighted by Gasteiger charge is 2.54. The summed E-state index contributed by atoms with van der Waals surface area (Å²) in [6, 6.07) is 11.7. The minimum atomic E-state index is -3.67. The second-order valence-corrected chi connectivity index (χ2v) is 6.10. The van der Waals surface area contributed by atoms with Crippen LogP contribution >= 0.6 is 0 Å². The monoisotopic (exact) mass is 343 g/mol. The van der Waals surface area contributed by atoms with E-state index in [9.17, 15) is 18.7 Å². The molecule has 0 unspecified atom stereocenters. The second-order valence-electron chi connectivity index (χ2n) is 6.10. The van der Waals surface area contributed by atoms with Crippen LogP contribution in [0.4, 0.5) is 14.5 Å². The Bertz CT molecular complexity index is 981. The summed E-state index contributed by atoms with van der Waals surface area (Å²) < 4.78 is 29.2. The number of benzene rings is 2. The van der Waals surface area contributed by atoms with Crippen molar-refractivity contribution in [3.8, 4) is 0 Å². The van der Waals surface area contributed by atoms with Gasteiger partial charge in [-0.3, -0.25) is 9.89 Å². The fourth-order valence-electron chi connectivity index (χ4n) is 3.31. The Hall–Kier alpha value is -2.80. The van der Waals surface area contributed by atoms with Gasteiger partial charge in [0.1, 0.15) is 0 Å². The maximum absolute atomic E-state index is 14.6. The lowest BCUT2D eigenvalue weighted by Gasteiger charge is -2.17. The zero-order valence-electron chi connectivity index (χ0n) is 13.3. The lowest BCUT2D eigenvalue weighted by Crippen LogP contribution is -2.34. The maximum atomic E-state index is 14.6. The van der Waals surface area contributed by atoms with E-state index >= 15 is 0 Å². The molecular formula is C18H15F2N3O2. The van der Waals surface area contributed by atoms with Crippen LogP contribution in [0.1, 0.15) is 29.8 Å². The van der Waals surface area contributed by atoms with Crippen LogP contribution in [-0.4, -0.2) is 21.2 Å². The summed E-state index contributed by atoms with van der Waals surface area (Å²) in [6.45, 7) is 1.35. The second kappa shape index (κ2) is 5.35. The summed E-state index contributed by atoms with van der Waals surface area (Å²) in [5.74, 6) is -4.96. The minimum Gasteiger partial charge on any atom is -0.389 e. The van der Waals surface area contributed by atoms with E-state index in [2.05, 4.69) is 10.2 Å². The van der Waals surface area contributed by atoms with E-state index in [1.165, 1.54) is 19.1 Å². The highest BCUT2D eigenvalue weighted by Crippen LogP contribution is 2.48. The number of hydrogen-bond acceptors (Lipinski definition) is 3. The molecule has 5 nitrogen and oxygen atoms in total. The highest BCUT2D eigenvalue weighted by molar-refractivity contribution is 6.06. The van der Waals surface area contributed by atoms with E-state index in [0.717, 1.165) is 10.3 Å². The van der Waals surface area contributed by atoms with Crippen molar-refractivity contribution in [3.05, 3.63) is 59.3 Å². The van der Waals surface area contributed by atoms with Crippen LogP contribution in [0.2, 0.25) is 0 Å². The van der Waals surface area contributed by atoms with Crippen molar-refractivity contribution in [2.24, 2.45) is 0 Å². The van der Waals surface area contributed by atoms with Crippen LogP contribution in [0.5, 0.6) is 0 Å². The Morgan fingerprint density at radius 3 is 2.76 bits per heavy atom. The van der Waals surface area contributed by atoms with Crippen LogP contribution in [0.25, 0.3) is 10.9 Å². The quantitative estimate of drug-likeness (QED) is 0.767. The van der Waals surface area contributed by atoms with Crippen molar-refractivity contribution in [3.63, 3.8) is 0 Å². The molecule has 2 aromatic carbocycles. The Morgan fingerprint density at radius 1 is 1.24 bits per heavy atom. The van der Waals surface area contributed by atoms with Gasteiger partial charge < -0.3 is 10.0 Å². The molecule has 1 atom stereocenters. The van der Waals surface area contributed by atoms with Gasteiger partial charge in [0.2, 0.25) is 0 Å². The highest BCUT2D eigenvalue weighted by atomic mass is 19.3. The number of rotatable bonds is 3. The Morgan fingerprint density at radius 2 is 2.00 bits per heavy atom. The van der Waals surface area contributed by atoms with Crippen LogP contribution in [0.15, 0.2) is 42.5 Å². The van der Waals surface area contributed by atoms with Gasteiger partial charge in [0.05, 0.1) is 35.1 Å². The molecule has 0 saturated carbocycles. The summed E-state index contributed by atoms with van der Waals surface area (Å²) in [5, 5.41) is 17.5. The largest absolute Gasteiger partial charge is 0.389 e. The van der Waals surface area contributed by atoms with E-state index in [0.29, 0.717) is 11.2 Å². The first-order valence-electron chi connectivity index (χ1n) is 7.84. The molecular weight excluding hydrogens is 328 g/mol. The molecule has 1 aliphatic heterocycles. The molecule has 0 aliphatic carbocycles. The van der Waals surface area contributed by atoms with E-state index in [-0.39, 0.29) is 17.8 Å². The van der Waals surface area contributed by atoms with Gasteiger partial charge in [0.25, 0.3) is 0 Å². The zero-order valence-corrected chi connectivity index (χ0v) is 13.3. The molecule has 25 heavy (non-hydrogen) atoms. The number of para-hydroxylation sites is 1. The number of fused-ring (bicyclic) bond motifs is 2. The van der Waals surface area contributed by atoms with Crippen molar-refractivity contribution in [1.29, 1.82) is 0 Å². The van der Waals surface area contributed by atoms with Crippen LogP contribution < -0.4 is 4.90 Å². The number of carbonyl (C=O) groups is 1. The Balaban J connectivity index is 1.82. The molecule has 2 N–H and O–H groups in total. The van der Waals surface area contributed by atoms with E-state index < -0.39 is 23.5 Å². The van der Waals surface area contributed by atoms with Crippen LogP contribution in [0.3, 0.4) is 0 Å². The number of nitrogens with zero attached hydrogens (tertiary/aromatic N) is 2. The fraction of sp³-hybridized carbons (Fsp3) is 0.222. The van der Waals surface area contributed by atoms with E-state index in [1.54, 1.807) is 12.1 Å². The normalized spacial score (nSPS) is 17.1. The molecule has 0 fully saturated rings. The predicted molar refractivity (Wildman–Crippen MR) is 88.3 cm³/mol. The lowest BCUT2D eigenvalue weighted by molar-refractivity contribution is -0.141. The maximum Gasteiger partial charge on any atom is 0.352 e. The lowest BCUT2D eigenvalue weighted by atomic mass is 9.98. The van der Waals surface area contributed by atoms with Crippen molar-refractivity contribution < 1.29 is 18.7 Å². The number of alkyl halides is 2. The van der Waals surface area contributed by atoms with Gasteiger partial charge >= 0.3 is 11.8 Å². The molecule has 7 heteroatoms. The summed E-state index contributed by atoms with van der Waals surface area (Å²) in [5.41, 5.74) is 1.04. The molecule has 0 radical (unpaired) electrons. The predicted octanol–water partition coefficient (Wildman–Crippen LogP) is 3.25. The average Bonchev–Trinajstić information content (AvgIpc) is 3.08. The fourth-order valence-corrected chi connectivity index (χ4v) is 3.31. The number of aromatic amines is 1. The summed E-state index contributed by atoms with van der Waals surface area (Å²) in [4.78, 5) is 13.4. The van der Waals surface area contributed by atoms with Crippen molar-refractivity contribution in [1.82, 2.24) is 10.2 Å². The van der Waals surface area contributed by atoms with E-state index in [1.807, 2.05) is 18.2 Å². The van der Waals surface area contributed by atoms with Crippen LogP contribution in [0, 0.1) is 0 Å². The average molecular weight is 343 g/mol. The number of nitrogens with one attached hydrogen (secondary N) is 1. The van der Waals surface area contributed by atoms with Gasteiger partial charge in [0, 0.05) is 5.39 Å². The van der Waals surface area contributed by atoms with Gasteiger partial charge in [-0.2, -0.15) is 13.9 Å². The molecule has 1 amide bonds. The van der Waals surface area contributed by atoms with Crippen molar-refractivity contribution in [2.45, 2.75) is 25.5 Å². The summed E-state index contributed by atoms with van der Waals surface area (Å²) in [7, 11) is 0. The first-order chi connectivity index (χ1) is 11.9. The molecule has 128 valence electrons. The van der Waals surface area contributed by atoms with Gasteiger partial charge in [-0.25, -0.2) is 0 Å². The summed E-state index contributed by atoms with van der Waals surface area (Å²) >= 11 is 0. The molecule has 1 aliphatic rings. The van der Waals surface area contributed by atoms with Gasteiger partial charge in [-0.1, -0.05) is 30.3 Å². The van der Waals surface area contributed by atoms with Gasteiger partial charge in [-0.15, -0.1) is 0 Å². The third-order valence-corrected chi connectivity index (χ3v) is 4.50. The molecule has 0 spiro atoms. The number of amides is 1. The molecule has 0 saturated heterocycles. The topological polar surface area (TPSA) is 69.2 Å². The first kappa shape index (κ1) is 15.7. The number of aliphatic hydroxyl groups is 1. The Kier molecular flexibility index (Phi) is 3.36. The molecule has 2 heterocycles.